The van der Waals surface area contributed by atoms with E-state index in [1.165, 1.54) is 12.8 Å². The summed E-state index contributed by atoms with van der Waals surface area (Å²) in [6.45, 7) is 6.72. The number of carbonyl (C=O) groups is 1. The molecule has 1 amide bonds. The number of hydrogen-bond acceptors (Lipinski definition) is 2. The Morgan fingerprint density at radius 3 is 2.60 bits per heavy atom. The van der Waals surface area contributed by atoms with Gasteiger partial charge in [-0.2, -0.15) is 5.10 Å². The first-order valence-corrected chi connectivity index (χ1v) is 7.49. The van der Waals surface area contributed by atoms with Gasteiger partial charge in [-0.15, -0.1) is 0 Å². The molecule has 1 aromatic rings. The average molecular weight is 272 g/mol. The van der Waals surface area contributed by atoms with Gasteiger partial charge in [0.15, 0.2) is 0 Å². The fraction of sp³-hybridized carbons (Fsp3) is 0.529. The normalized spacial score (nSPS) is 24.9. The SMILES string of the molecule is CC(C)[C@@H]1CC[C@@H](C)C/C1=N/NC(=O)c1ccccc1. The second-order valence-corrected chi connectivity index (χ2v) is 6.15. The van der Waals surface area contributed by atoms with Crippen LogP contribution in [0.5, 0.6) is 0 Å². The molecule has 0 spiro atoms. The van der Waals surface area contributed by atoms with E-state index in [4.69, 9.17) is 0 Å². The molecule has 1 N–H and O–H groups in total. The van der Waals surface area contributed by atoms with Crippen LogP contribution in [0.25, 0.3) is 0 Å². The minimum absolute atomic E-state index is 0.126. The molecule has 0 saturated heterocycles. The van der Waals surface area contributed by atoms with Crippen LogP contribution in [-0.4, -0.2) is 11.6 Å². The zero-order valence-electron chi connectivity index (χ0n) is 12.6. The first-order chi connectivity index (χ1) is 9.58. The van der Waals surface area contributed by atoms with Crippen LogP contribution < -0.4 is 5.43 Å². The summed E-state index contributed by atoms with van der Waals surface area (Å²) in [6, 6.07) is 9.24. The summed E-state index contributed by atoms with van der Waals surface area (Å²) in [4.78, 5) is 12.0. The van der Waals surface area contributed by atoms with Crippen LogP contribution in [0, 0.1) is 17.8 Å². The summed E-state index contributed by atoms with van der Waals surface area (Å²) in [5.41, 5.74) is 4.53. The lowest BCUT2D eigenvalue weighted by Gasteiger charge is -2.30. The summed E-state index contributed by atoms with van der Waals surface area (Å²) >= 11 is 0. The number of rotatable bonds is 3. The molecule has 108 valence electrons. The molecular formula is C17H24N2O. The molecule has 0 aliphatic heterocycles. The second kappa shape index (κ2) is 6.69. The molecule has 3 heteroatoms. The molecule has 1 aliphatic rings. The molecule has 3 nitrogen and oxygen atoms in total. The highest BCUT2D eigenvalue weighted by Gasteiger charge is 2.27. The van der Waals surface area contributed by atoms with E-state index in [0.717, 1.165) is 12.1 Å². The van der Waals surface area contributed by atoms with Gasteiger partial charge in [-0.25, -0.2) is 5.43 Å². The Morgan fingerprint density at radius 2 is 1.95 bits per heavy atom. The smallest absolute Gasteiger partial charge is 0.267 e. The quantitative estimate of drug-likeness (QED) is 0.834. The van der Waals surface area contributed by atoms with E-state index in [1.54, 1.807) is 12.1 Å². The minimum Gasteiger partial charge on any atom is -0.267 e. The molecule has 1 saturated carbocycles. The highest BCUT2D eigenvalue weighted by molar-refractivity contribution is 5.96. The van der Waals surface area contributed by atoms with Crippen molar-refractivity contribution in [1.82, 2.24) is 5.43 Å². The Kier molecular flexibility index (Phi) is 4.94. The molecule has 1 fully saturated rings. The monoisotopic (exact) mass is 272 g/mol. The van der Waals surface area contributed by atoms with E-state index >= 15 is 0 Å². The van der Waals surface area contributed by atoms with Gasteiger partial charge in [-0.05, 0) is 43.2 Å². The van der Waals surface area contributed by atoms with Crippen molar-refractivity contribution < 1.29 is 4.79 Å². The summed E-state index contributed by atoms with van der Waals surface area (Å²) in [7, 11) is 0. The molecule has 0 bridgehead atoms. The van der Waals surface area contributed by atoms with E-state index in [0.29, 0.717) is 23.3 Å². The van der Waals surface area contributed by atoms with Crippen molar-refractivity contribution in [3.63, 3.8) is 0 Å². The van der Waals surface area contributed by atoms with Crippen molar-refractivity contribution in [1.29, 1.82) is 0 Å². The summed E-state index contributed by atoms with van der Waals surface area (Å²) < 4.78 is 0. The Hall–Kier alpha value is -1.64. The van der Waals surface area contributed by atoms with Gasteiger partial charge in [0.1, 0.15) is 0 Å². The van der Waals surface area contributed by atoms with Crippen LogP contribution in [-0.2, 0) is 0 Å². The zero-order valence-corrected chi connectivity index (χ0v) is 12.6. The predicted octanol–water partition coefficient (Wildman–Crippen LogP) is 3.86. The lowest BCUT2D eigenvalue weighted by atomic mass is 9.76. The van der Waals surface area contributed by atoms with Crippen LogP contribution >= 0.6 is 0 Å². The van der Waals surface area contributed by atoms with E-state index in [9.17, 15) is 4.79 Å². The molecule has 0 unspecified atom stereocenters. The number of amides is 1. The summed E-state index contributed by atoms with van der Waals surface area (Å²) in [5, 5.41) is 4.43. The van der Waals surface area contributed by atoms with E-state index in [2.05, 4.69) is 31.3 Å². The molecule has 2 atom stereocenters. The van der Waals surface area contributed by atoms with Crippen molar-refractivity contribution in [2.75, 3.05) is 0 Å². The van der Waals surface area contributed by atoms with Crippen LogP contribution in [0.2, 0.25) is 0 Å². The van der Waals surface area contributed by atoms with Gasteiger partial charge in [-0.3, -0.25) is 4.79 Å². The third kappa shape index (κ3) is 3.69. The van der Waals surface area contributed by atoms with Gasteiger partial charge in [0.25, 0.3) is 5.91 Å². The summed E-state index contributed by atoms with van der Waals surface area (Å²) in [5.74, 6) is 1.62. The number of hydrazone groups is 1. The first-order valence-electron chi connectivity index (χ1n) is 7.49. The number of nitrogens with zero attached hydrogens (tertiary/aromatic N) is 1. The lowest BCUT2D eigenvalue weighted by molar-refractivity contribution is 0.0954. The van der Waals surface area contributed by atoms with Gasteiger partial charge >= 0.3 is 0 Å². The van der Waals surface area contributed by atoms with Crippen LogP contribution in [0.4, 0.5) is 0 Å². The maximum absolute atomic E-state index is 12.0. The third-order valence-electron chi connectivity index (χ3n) is 4.10. The van der Waals surface area contributed by atoms with Crippen molar-refractivity contribution in [3.8, 4) is 0 Å². The fourth-order valence-corrected chi connectivity index (χ4v) is 2.86. The predicted molar refractivity (Wildman–Crippen MR) is 82.7 cm³/mol. The topological polar surface area (TPSA) is 41.5 Å². The van der Waals surface area contributed by atoms with Gasteiger partial charge in [0.05, 0.1) is 0 Å². The molecule has 20 heavy (non-hydrogen) atoms. The maximum Gasteiger partial charge on any atom is 0.271 e. The van der Waals surface area contributed by atoms with Gasteiger partial charge in [0.2, 0.25) is 0 Å². The Labute approximate surface area is 121 Å². The molecular weight excluding hydrogens is 248 g/mol. The Balaban J connectivity index is 2.06. The lowest BCUT2D eigenvalue weighted by Crippen LogP contribution is -2.31. The molecule has 1 aliphatic carbocycles. The largest absolute Gasteiger partial charge is 0.271 e. The minimum atomic E-state index is -0.126. The number of nitrogens with one attached hydrogen (secondary N) is 1. The number of carbonyl (C=O) groups excluding carboxylic acids is 1. The molecule has 0 aromatic heterocycles. The van der Waals surface area contributed by atoms with E-state index in [-0.39, 0.29) is 5.91 Å². The highest BCUT2D eigenvalue weighted by Crippen LogP contribution is 2.31. The van der Waals surface area contributed by atoms with Gasteiger partial charge in [0, 0.05) is 17.2 Å². The number of benzene rings is 1. The zero-order chi connectivity index (χ0) is 14.5. The standard InChI is InChI=1S/C17H24N2O/c1-12(2)15-10-9-13(3)11-16(15)18-19-17(20)14-7-5-4-6-8-14/h4-8,12-13,15H,9-11H2,1-3H3,(H,19,20)/b18-16-/t13-,15+/m1/s1. The molecule has 0 heterocycles. The van der Waals surface area contributed by atoms with E-state index < -0.39 is 0 Å². The van der Waals surface area contributed by atoms with Gasteiger partial charge in [-0.1, -0.05) is 39.0 Å². The summed E-state index contributed by atoms with van der Waals surface area (Å²) in [6.07, 6.45) is 3.44. The van der Waals surface area contributed by atoms with Crippen molar-refractivity contribution in [2.24, 2.45) is 22.9 Å². The van der Waals surface area contributed by atoms with Crippen molar-refractivity contribution in [3.05, 3.63) is 35.9 Å². The Morgan fingerprint density at radius 1 is 1.25 bits per heavy atom. The highest BCUT2D eigenvalue weighted by atomic mass is 16.2. The van der Waals surface area contributed by atoms with Crippen LogP contribution in [0.3, 0.4) is 0 Å². The average Bonchev–Trinajstić information content (AvgIpc) is 2.45. The Bertz CT molecular complexity index is 479. The molecule has 0 radical (unpaired) electrons. The molecule has 2 rings (SSSR count). The van der Waals surface area contributed by atoms with E-state index in [1.807, 2.05) is 18.2 Å². The van der Waals surface area contributed by atoms with Crippen LogP contribution in [0.1, 0.15) is 50.4 Å². The second-order valence-electron chi connectivity index (χ2n) is 6.15. The fourth-order valence-electron chi connectivity index (χ4n) is 2.86. The molecule has 1 aromatic carbocycles. The number of hydrogen-bond donors (Lipinski definition) is 1. The van der Waals surface area contributed by atoms with Crippen LogP contribution in [0.15, 0.2) is 35.4 Å². The van der Waals surface area contributed by atoms with Crippen molar-refractivity contribution in [2.45, 2.75) is 40.0 Å². The van der Waals surface area contributed by atoms with Crippen molar-refractivity contribution >= 4 is 11.6 Å². The first kappa shape index (κ1) is 14.8. The third-order valence-corrected chi connectivity index (χ3v) is 4.10. The van der Waals surface area contributed by atoms with Gasteiger partial charge < -0.3 is 0 Å². The maximum atomic E-state index is 12.0.